The zero-order valence-electron chi connectivity index (χ0n) is 31.5. The van der Waals surface area contributed by atoms with Gasteiger partial charge in [0.05, 0.1) is 0 Å². The molecule has 0 heterocycles. The van der Waals surface area contributed by atoms with E-state index in [0.717, 1.165) is 22.3 Å². The molecule has 0 spiro atoms. The summed E-state index contributed by atoms with van der Waals surface area (Å²) >= 11 is 0. The van der Waals surface area contributed by atoms with Crippen LogP contribution in [0.2, 0.25) is 0 Å². The monoisotopic (exact) mass is 723 g/mol. The van der Waals surface area contributed by atoms with Crippen molar-refractivity contribution in [2.24, 2.45) is 10.9 Å². The Morgan fingerprint density at radius 1 is 0.788 bits per heavy atom. The molecule has 14 heteroatoms. The van der Waals surface area contributed by atoms with Crippen LogP contribution in [0.5, 0.6) is 0 Å². The third-order valence-electron chi connectivity index (χ3n) is 7.88. The maximum absolute atomic E-state index is 13.7. The Labute approximate surface area is 305 Å². The van der Waals surface area contributed by atoms with Gasteiger partial charge in [0.25, 0.3) is 0 Å². The highest BCUT2D eigenvalue weighted by atomic mass is 16.6. The molecule has 0 saturated carbocycles. The van der Waals surface area contributed by atoms with Crippen LogP contribution in [0.25, 0.3) is 11.1 Å². The number of aliphatic carboxylic acids is 1. The smallest absolute Gasteiger partial charge is 0.414 e. The summed E-state index contributed by atoms with van der Waals surface area (Å²) in [7, 11) is 0. The van der Waals surface area contributed by atoms with Crippen LogP contribution < -0.4 is 21.3 Å². The van der Waals surface area contributed by atoms with Crippen molar-refractivity contribution in [1.82, 2.24) is 21.3 Å². The number of nitrogens with one attached hydrogen (secondary N) is 4. The quantitative estimate of drug-likeness (QED) is 0.0746. The molecule has 2 aromatic carbocycles. The molecule has 284 valence electrons. The van der Waals surface area contributed by atoms with Gasteiger partial charge in [0.1, 0.15) is 29.4 Å². The zero-order chi connectivity index (χ0) is 38.9. The zero-order valence-corrected chi connectivity index (χ0v) is 31.5. The second-order valence-electron chi connectivity index (χ2n) is 15.4. The Balaban J connectivity index is 1.79. The number of alkyl carbamates (subject to hydrolysis) is 3. The first kappa shape index (κ1) is 41.3. The van der Waals surface area contributed by atoms with Crippen molar-refractivity contribution in [3.63, 3.8) is 0 Å². The van der Waals surface area contributed by atoms with Gasteiger partial charge in [-0.1, -0.05) is 62.4 Å². The number of hydrogen-bond acceptors (Lipinski definition) is 9. The number of ether oxygens (including phenoxy) is 3. The van der Waals surface area contributed by atoms with Crippen molar-refractivity contribution in [1.29, 1.82) is 0 Å². The minimum absolute atomic E-state index is 0.00296. The van der Waals surface area contributed by atoms with Gasteiger partial charge in [0.15, 0.2) is 0 Å². The van der Waals surface area contributed by atoms with Crippen LogP contribution in [0.15, 0.2) is 53.5 Å². The lowest BCUT2D eigenvalue weighted by atomic mass is 9.93. The van der Waals surface area contributed by atoms with Gasteiger partial charge >= 0.3 is 24.2 Å². The van der Waals surface area contributed by atoms with Crippen molar-refractivity contribution in [3.8, 4) is 11.1 Å². The topological polar surface area (TPSA) is 194 Å². The molecule has 5 N–H and O–H groups in total. The number of aliphatic imine (C=N–C) groups is 1. The predicted octanol–water partition coefficient (Wildman–Crippen LogP) is 6.08. The largest absolute Gasteiger partial charge is 0.480 e. The number of carbonyl (C=O) groups excluding carboxylic acids is 4. The second-order valence-corrected chi connectivity index (χ2v) is 15.4. The summed E-state index contributed by atoms with van der Waals surface area (Å²) in [5.41, 5.74) is 0.855. The molecule has 0 unspecified atom stereocenters. The predicted molar refractivity (Wildman–Crippen MR) is 196 cm³/mol. The van der Waals surface area contributed by atoms with E-state index >= 15 is 0 Å². The first-order valence-electron chi connectivity index (χ1n) is 17.4. The first-order chi connectivity index (χ1) is 24.2. The summed E-state index contributed by atoms with van der Waals surface area (Å²) in [5.74, 6) is -2.44. The third kappa shape index (κ3) is 12.6. The lowest BCUT2D eigenvalue weighted by molar-refractivity contribution is -0.143. The molecular weight excluding hydrogens is 670 g/mol. The summed E-state index contributed by atoms with van der Waals surface area (Å²) in [4.78, 5) is 68.4. The standard InChI is InChI=1S/C38H53N5O9/c1-23(2)21-29(30(44)45)40-31(46)38(9,19-14-20-39-32(41-33(47)51-36(3,4)5)42-34(48)52-37(6,7)8)43-35(49)50-22-28-26-17-12-10-15-24(26)25-16-11-13-18-27(25)28/h10-13,15-18,23,28-29H,14,19-22H2,1-9H3,(H,40,46)(H,43,49)(H,44,45)(H2,39,41,42,47,48)/t29-,38-/m0/s1. The number of hydrogen-bond donors (Lipinski definition) is 5. The Hall–Kier alpha value is -5.14. The average Bonchev–Trinajstić information content (AvgIpc) is 3.33. The molecule has 1 aliphatic carbocycles. The van der Waals surface area contributed by atoms with E-state index in [0.29, 0.717) is 0 Å². The molecule has 52 heavy (non-hydrogen) atoms. The van der Waals surface area contributed by atoms with Crippen molar-refractivity contribution < 1.29 is 43.3 Å². The van der Waals surface area contributed by atoms with E-state index in [4.69, 9.17) is 14.2 Å². The Bertz CT molecular complexity index is 1570. The van der Waals surface area contributed by atoms with Gasteiger partial charge in [-0.25, -0.2) is 19.2 Å². The van der Waals surface area contributed by atoms with Crippen LogP contribution in [0.1, 0.15) is 98.6 Å². The number of amides is 4. The van der Waals surface area contributed by atoms with E-state index < -0.39 is 52.9 Å². The highest BCUT2D eigenvalue weighted by molar-refractivity contribution is 6.01. The van der Waals surface area contributed by atoms with Crippen LogP contribution in [0.3, 0.4) is 0 Å². The molecule has 0 fully saturated rings. The van der Waals surface area contributed by atoms with Gasteiger partial charge in [-0.15, -0.1) is 0 Å². The number of rotatable bonds is 12. The van der Waals surface area contributed by atoms with E-state index in [2.05, 4.69) is 26.3 Å². The number of carbonyl (C=O) groups is 5. The van der Waals surface area contributed by atoms with Crippen molar-refractivity contribution in [2.75, 3.05) is 13.2 Å². The molecule has 14 nitrogen and oxygen atoms in total. The third-order valence-corrected chi connectivity index (χ3v) is 7.88. The normalized spacial score (nSPS) is 14.1. The Morgan fingerprint density at radius 2 is 1.29 bits per heavy atom. The molecular formula is C38H53N5O9. The average molecular weight is 724 g/mol. The Morgan fingerprint density at radius 3 is 1.75 bits per heavy atom. The molecule has 0 aliphatic heterocycles. The van der Waals surface area contributed by atoms with Gasteiger partial charge in [-0.3, -0.25) is 20.4 Å². The first-order valence-corrected chi connectivity index (χ1v) is 17.4. The van der Waals surface area contributed by atoms with E-state index in [1.807, 2.05) is 62.4 Å². The molecule has 4 amide bonds. The van der Waals surface area contributed by atoms with Gasteiger partial charge < -0.3 is 30.0 Å². The van der Waals surface area contributed by atoms with Crippen molar-refractivity contribution in [3.05, 3.63) is 59.7 Å². The molecule has 2 atom stereocenters. The van der Waals surface area contributed by atoms with E-state index in [1.165, 1.54) is 6.92 Å². The fraction of sp³-hybridized carbons (Fsp3) is 0.526. The van der Waals surface area contributed by atoms with Crippen LogP contribution in [0.4, 0.5) is 14.4 Å². The lowest BCUT2D eigenvalue weighted by Crippen LogP contribution is -2.59. The summed E-state index contributed by atoms with van der Waals surface area (Å²) in [6.07, 6.45) is -2.31. The van der Waals surface area contributed by atoms with E-state index in [1.54, 1.807) is 41.5 Å². The van der Waals surface area contributed by atoms with Crippen LogP contribution >= 0.6 is 0 Å². The summed E-state index contributed by atoms with van der Waals surface area (Å²) in [5, 5.41) is 19.9. The number of nitrogens with zero attached hydrogens (tertiary/aromatic N) is 1. The maximum atomic E-state index is 13.7. The number of benzene rings is 2. The van der Waals surface area contributed by atoms with Crippen molar-refractivity contribution >= 4 is 36.1 Å². The van der Waals surface area contributed by atoms with E-state index in [-0.39, 0.29) is 50.2 Å². The molecule has 3 rings (SSSR count). The van der Waals surface area contributed by atoms with Gasteiger partial charge in [-0.05, 0) is 95.9 Å². The Kier molecular flexibility index (Phi) is 13.8. The number of carboxylic acid groups (broad SMARTS) is 1. The minimum atomic E-state index is -1.64. The fourth-order valence-electron chi connectivity index (χ4n) is 5.64. The fourth-order valence-corrected chi connectivity index (χ4v) is 5.64. The second kappa shape index (κ2) is 17.4. The van der Waals surface area contributed by atoms with E-state index in [9.17, 15) is 29.1 Å². The minimum Gasteiger partial charge on any atom is -0.480 e. The molecule has 0 saturated heterocycles. The van der Waals surface area contributed by atoms with Crippen LogP contribution in [-0.4, -0.2) is 77.2 Å². The SMILES string of the molecule is CC(C)C[C@H](NC(=O)[C@](C)(CCCN=C(NC(=O)OC(C)(C)C)NC(=O)OC(C)(C)C)NC(=O)OCC1c2ccccc2-c2ccccc21)C(=O)O. The van der Waals surface area contributed by atoms with Gasteiger partial charge in [-0.2, -0.15) is 0 Å². The molecule has 0 aromatic heterocycles. The maximum Gasteiger partial charge on any atom is 0.414 e. The molecule has 0 radical (unpaired) electrons. The molecule has 1 aliphatic rings. The van der Waals surface area contributed by atoms with Gasteiger partial charge in [0, 0.05) is 12.5 Å². The van der Waals surface area contributed by atoms with Crippen LogP contribution in [0, 0.1) is 5.92 Å². The number of guanidine groups is 1. The summed E-state index contributed by atoms with van der Waals surface area (Å²) in [6, 6.07) is 14.6. The number of carboxylic acids is 1. The summed E-state index contributed by atoms with van der Waals surface area (Å²) in [6.45, 7) is 15.2. The lowest BCUT2D eigenvalue weighted by Gasteiger charge is -2.31. The van der Waals surface area contributed by atoms with Crippen molar-refractivity contribution in [2.45, 2.75) is 110 Å². The summed E-state index contributed by atoms with van der Waals surface area (Å²) < 4.78 is 16.3. The number of fused-ring (bicyclic) bond motifs is 3. The molecule has 0 bridgehead atoms. The van der Waals surface area contributed by atoms with Gasteiger partial charge in [0.2, 0.25) is 11.9 Å². The highest BCUT2D eigenvalue weighted by Gasteiger charge is 2.38. The molecule has 2 aromatic rings. The highest BCUT2D eigenvalue weighted by Crippen LogP contribution is 2.44. The van der Waals surface area contributed by atoms with Crippen LogP contribution in [-0.2, 0) is 23.8 Å².